The van der Waals surface area contributed by atoms with E-state index in [0.29, 0.717) is 5.92 Å². The maximum atomic E-state index is 11.2. The summed E-state index contributed by atoms with van der Waals surface area (Å²) in [6, 6.07) is 0. The standard InChI is InChI=1S/C9H15NO2/c1-12-9(11)8-4-6-5-10-3-2-7(6)8/h6-8,10H,2-5H2,1H3. The predicted octanol–water partition coefficient (Wildman–Crippen LogP) is 0.405. The molecule has 3 unspecified atom stereocenters. The number of methoxy groups -OCH3 is 1. The Kier molecular flexibility index (Phi) is 2.05. The number of carbonyl (C=O) groups excluding carboxylic acids is 1. The molecule has 0 spiro atoms. The number of nitrogens with one attached hydrogen (secondary N) is 1. The van der Waals surface area contributed by atoms with E-state index in [0.717, 1.165) is 31.8 Å². The van der Waals surface area contributed by atoms with Crippen LogP contribution < -0.4 is 5.32 Å². The summed E-state index contributed by atoms with van der Waals surface area (Å²) in [4.78, 5) is 11.2. The summed E-state index contributed by atoms with van der Waals surface area (Å²) >= 11 is 0. The van der Waals surface area contributed by atoms with Crippen molar-refractivity contribution < 1.29 is 9.53 Å². The van der Waals surface area contributed by atoms with Crippen LogP contribution in [0.1, 0.15) is 12.8 Å². The summed E-state index contributed by atoms with van der Waals surface area (Å²) < 4.78 is 4.74. The molecule has 12 heavy (non-hydrogen) atoms. The molecule has 1 saturated carbocycles. The zero-order valence-corrected chi connectivity index (χ0v) is 7.38. The highest BCUT2D eigenvalue weighted by atomic mass is 16.5. The quantitative estimate of drug-likeness (QED) is 0.578. The fourth-order valence-corrected chi connectivity index (χ4v) is 2.46. The summed E-state index contributed by atoms with van der Waals surface area (Å²) in [7, 11) is 1.48. The average Bonchev–Trinajstić information content (AvgIpc) is 2.07. The minimum Gasteiger partial charge on any atom is -0.469 e. The average molecular weight is 169 g/mol. The van der Waals surface area contributed by atoms with E-state index in [1.54, 1.807) is 0 Å². The molecule has 0 aromatic heterocycles. The van der Waals surface area contributed by atoms with Crippen LogP contribution >= 0.6 is 0 Å². The van der Waals surface area contributed by atoms with E-state index in [1.807, 2.05) is 0 Å². The Morgan fingerprint density at radius 1 is 1.58 bits per heavy atom. The lowest BCUT2D eigenvalue weighted by Crippen LogP contribution is -2.51. The molecule has 3 nitrogen and oxygen atoms in total. The van der Waals surface area contributed by atoms with Crippen LogP contribution in [-0.4, -0.2) is 26.2 Å². The van der Waals surface area contributed by atoms with Crippen LogP contribution in [0, 0.1) is 17.8 Å². The maximum Gasteiger partial charge on any atom is 0.308 e. The van der Waals surface area contributed by atoms with Gasteiger partial charge in [-0.1, -0.05) is 0 Å². The van der Waals surface area contributed by atoms with Gasteiger partial charge in [-0.05, 0) is 37.8 Å². The third kappa shape index (κ3) is 1.12. The third-order valence-electron chi connectivity index (χ3n) is 3.24. The molecule has 0 aromatic rings. The number of rotatable bonds is 1. The molecule has 0 bridgehead atoms. The molecule has 1 aliphatic carbocycles. The van der Waals surface area contributed by atoms with Gasteiger partial charge in [0.1, 0.15) is 0 Å². The minimum absolute atomic E-state index is 0.00171. The predicted molar refractivity (Wildman–Crippen MR) is 44.6 cm³/mol. The van der Waals surface area contributed by atoms with E-state index >= 15 is 0 Å². The number of carbonyl (C=O) groups is 1. The molecule has 1 heterocycles. The molecule has 0 amide bonds. The van der Waals surface area contributed by atoms with Crippen LogP contribution in [0.5, 0.6) is 0 Å². The van der Waals surface area contributed by atoms with Crippen molar-refractivity contribution in [2.45, 2.75) is 12.8 Å². The van der Waals surface area contributed by atoms with Gasteiger partial charge < -0.3 is 10.1 Å². The lowest BCUT2D eigenvalue weighted by Gasteiger charge is -2.46. The van der Waals surface area contributed by atoms with Crippen LogP contribution in [0.25, 0.3) is 0 Å². The summed E-state index contributed by atoms with van der Waals surface area (Å²) in [6.07, 6.45) is 2.18. The summed E-state index contributed by atoms with van der Waals surface area (Å²) in [5, 5.41) is 3.34. The highest BCUT2D eigenvalue weighted by Gasteiger charge is 2.46. The van der Waals surface area contributed by atoms with Gasteiger partial charge in [0, 0.05) is 0 Å². The normalized spacial score (nSPS) is 39.6. The van der Waals surface area contributed by atoms with E-state index in [2.05, 4.69) is 5.32 Å². The molecular formula is C9H15NO2. The molecule has 2 aliphatic rings. The summed E-state index contributed by atoms with van der Waals surface area (Å²) in [5.74, 6) is 1.56. The number of esters is 1. The molecule has 0 radical (unpaired) electrons. The Labute approximate surface area is 72.5 Å². The number of piperidine rings is 1. The highest BCUT2D eigenvalue weighted by Crippen LogP contribution is 2.44. The van der Waals surface area contributed by atoms with Crippen LogP contribution in [0.3, 0.4) is 0 Å². The first-order valence-corrected chi connectivity index (χ1v) is 4.61. The second-order valence-electron chi connectivity index (χ2n) is 3.78. The van der Waals surface area contributed by atoms with Gasteiger partial charge in [0.15, 0.2) is 0 Å². The summed E-state index contributed by atoms with van der Waals surface area (Å²) in [6.45, 7) is 2.16. The van der Waals surface area contributed by atoms with Gasteiger partial charge >= 0.3 is 5.97 Å². The molecule has 3 atom stereocenters. The van der Waals surface area contributed by atoms with Crippen LogP contribution in [0.4, 0.5) is 0 Å². The van der Waals surface area contributed by atoms with E-state index in [9.17, 15) is 4.79 Å². The van der Waals surface area contributed by atoms with Gasteiger partial charge in [0.2, 0.25) is 0 Å². The molecule has 1 saturated heterocycles. The molecule has 3 heteroatoms. The maximum absolute atomic E-state index is 11.2. The molecular weight excluding hydrogens is 154 g/mol. The van der Waals surface area contributed by atoms with Gasteiger partial charge in [-0.15, -0.1) is 0 Å². The zero-order valence-electron chi connectivity index (χ0n) is 7.38. The monoisotopic (exact) mass is 169 g/mol. The molecule has 2 fully saturated rings. The van der Waals surface area contributed by atoms with E-state index in [-0.39, 0.29) is 11.9 Å². The first kappa shape index (κ1) is 8.05. The lowest BCUT2D eigenvalue weighted by molar-refractivity contribution is -0.156. The highest BCUT2D eigenvalue weighted by molar-refractivity contribution is 5.73. The molecule has 68 valence electrons. The Hall–Kier alpha value is -0.570. The Bertz CT molecular complexity index is 193. The Morgan fingerprint density at radius 3 is 3.08 bits per heavy atom. The zero-order chi connectivity index (χ0) is 8.55. The lowest BCUT2D eigenvalue weighted by atomic mass is 9.62. The van der Waals surface area contributed by atoms with Gasteiger partial charge in [-0.3, -0.25) is 4.79 Å². The number of ether oxygens (including phenoxy) is 1. The van der Waals surface area contributed by atoms with E-state index < -0.39 is 0 Å². The van der Waals surface area contributed by atoms with Crippen molar-refractivity contribution in [2.24, 2.45) is 17.8 Å². The van der Waals surface area contributed by atoms with Gasteiger partial charge in [0.25, 0.3) is 0 Å². The van der Waals surface area contributed by atoms with Crippen molar-refractivity contribution in [1.82, 2.24) is 5.32 Å². The SMILES string of the molecule is COC(=O)C1CC2CNCCC21. The van der Waals surface area contributed by atoms with Gasteiger partial charge in [-0.25, -0.2) is 0 Å². The number of fused-ring (bicyclic) bond motifs is 1. The largest absolute Gasteiger partial charge is 0.469 e. The second-order valence-corrected chi connectivity index (χ2v) is 3.78. The third-order valence-corrected chi connectivity index (χ3v) is 3.24. The summed E-state index contributed by atoms with van der Waals surface area (Å²) in [5.41, 5.74) is 0. The second kappa shape index (κ2) is 3.05. The molecule has 0 aromatic carbocycles. The van der Waals surface area contributed by atoms with Gasteiger partial charge in [-0.2, -0.15) is 0 Å². The van der Waals surface area contributed by atoms with Gasteiger partial charge in [0.05, 0.1) is 13.0 Å². The van der Waals surface area contributed by atoms with Crippen LogP contribution in [0.15, 0.2) is 0 Å². The Morgan fingerprint density at radius 2 is 2.42 bits per heavy atom. The van der Waals surface area contributed by atoms with Crippen molar-refractivity contribution in [2.75, 3.05) is 20.2 Å². The van der Waals surface area contributed by atoms with E-state index in [1.165, 1.54) is 7.11 Å². The first-order chi connectivity index (χ1) is 5.83. The Balaban J connectivity index is 1.92. The topological polar surface area (TPSA) is 38.3 Å². The smallest absolute Gasteiger partial charge is 0.308 e. The first-order valence-electron chi connectivity index (χ1n) is 4.61. The number of hydrogen-bond donors (Lipinski definition) is 1. The van der Waals surface area contributed by atoms with Crippen LogP contribution in [-0.2, 0) is 9.53 Å². The fourth-order valence-electron chi connectivity index (χ4n) is 2.46. The minimum atomic E-state index is -0.00171. The number of hydrogen-bond acceptors (Lipinski definition) is 3. The fraction of sp³-hybridized carbons (Fsp3) is 0.889. The molecule has 1 aliphatic heterocycles. The van der Waals surface area contributed by atoms with E-state index in [4.69, 9.17) is 4.74 Å². The van der Waals surface area contributed by atoms with Crippen molar-refractivity contribution in [3.05, 3.63) is 0 Å². The van der Waals surface area contributed by atoms with Crippen molar-refractivity contribution in [3.63, 3.8) is 0 Å². The molecule has 2 rings (SSSR count). The van der Waals surface area contributed by atoms with Crippen molar-refractivity contribution in [3.8, 4) is 0 Å². The molecule has 1 N–H and O–H groups in total. The van der Waals surface area contributed by atoms with Crippen LogP contribution in [0.2, 0.25) is 0 Å². The van der Waals surface area contributed by atoms with Crippen molar-refractivity contribution in [1.29, 1.82) is 0 Å². The van der Waals surface area contributed by atoms with Crippen molar-refractivity contribution >= 4 is 5.97 Å².